The SMILES string of the molecule is CC(C)Cn1ncc2ccc(C(=O)O)nc21. The Balaban J connectivity index is 2.51. The van der Waals surface area contributed by atoms with E-state index in [1.54, 1.807) is 16.9 Å². The minimum Gasteiger partial charge on any atom is -0.477 e. The number of pyridine rings is 1. The summed E-state index contributed by atoms with van der Waals surface area (Å²) in [5.41, 5.74) is 0.687. The highest BCUT2D eigenvalue weighted by molar-refractivity contribution is 5.88. The molecule has 0 unspecified atom stereocenters. The number of carbonyl (C=O) groups is 1. The number of hydrogen-bond donors (Lipinski definition) is 1. The molecule has 0 saturated heterocycles. The average Bonchev–Trinajstić information content (AvgIpc) is 2.60. The Bertz CT molecular complexity index is 531. The Hall–Kier alpha value is -1.91. The molecule has 2 rings (SSSR count). The summed E-state index contributed by atoms with van der Waals surface area (Å²) in [6.45, 7) is 4.89. The van der Waals surface area contributed by atoms with E-state index in [-0.39, 0.29) is 5.69 Å². The van der Waals surface area contributed by atoms with E-state index in [0.29, 0.717) is 11.6 Å². The van der Waals surface area contributed by atoms with Gasteiger partial charge in [-0.2, -0.15) is 5.10 Å². The minimum atomic E-state index is -1.01. The van der Waals surface area contributed by atoms with Gasteiger partial charge in [0, 0.05) is 11.9 Å². The lowest BCUT2D eigenvalue weighted by molar-refractivity contribution is 0.0691. The number of aromatic carboxylic acids is 1. The molecule has 0 bridgehead atoms. The van der Waals surface area contributed by atoms with Crippen molar-refractivity contribution in [2.24, 2.45) is 5.92 Å². The third kappa shape index (κ3) is 1.88. The molecule has 2 aromatic heterocycles. The summed E-state index contributed by atoms with van der Waals surface area (Å²) in [6, 6.07) is 3.22. The van der Waals surface area contributed by atoms with Gasteiger partial charge in [0.15, 0.2) is 11.3 Å². The smallest absolute Gasteiger partial charge is 0.354 e. The summed E-state index contributed by atoms with van der Waals surface area (Å²) < 4.78 is 1.74. The van der Waals surface area contributed by atoms with Gasteiger partial charge < -0.3 is 5.11 Å². The molecule has 0 aliphatic carbocycles. The van der Waals surface area contributed by atoms with Crippen LogP contribution in [0.25, 0.3) is 11.0 Å². The first-order valence-corrected chi connectivity index (χ1v) is 5.14. The van der Waals surface area contributed by atoms with Gasteiger partial charge >= 0.3 is 5.97 Å². The zero-order valence-corrected chi connectivity index (χ0v) is 9.21. The van der Waals surface area contributed by atoms with Crippen molar-refractivity contribution in [1.82, 2.24) is 14.8 Å². The van der Waals surface area contributed by atoms with Crippen LogP contribution in [-0.2, 0) is 6.54 Å². The molecule has 2 aromatic rings. The second-order valence-corrected chi connectivity index (χ2v) is 4.14. The fraction of sp³-hybridized carbons (Fsp3) is 0.364. The van der Waals surface area contributed by atoms with Gasteiger partial charge in [-0.05, 0) is 18.1 Å². The second kappa shape index (κ2) is 3.92. The predicted octanol–water partition coefficient (Wildman–Crippen LogP) is 1.79. The van der Waals surface area contributed by atoms with E-state index in [1.807, 2.05) is 0 Å². The molecule has 0 aromatic carbocycles. The van der Waals surface area contributed by atoms with Crippen LogP contribution in [0, 0.1) is 5.92 Å². The third-order valence-corrected chi connectivity index (χ3v) is 2.24. The van der Waals surface area contributed by atoms with Gasteiger partial charge in [-0.15, -0.1) is 0 Å². The van der Waals surface area contributed by atoms with Crippen LogP contribution in [0.1, 0.15) is 24.3 Å². The van der Waals surface area contributed by atoms with Crippen LogP contribution < -0.4 is 0 Å². The van der Waals surface area contributed by atoms with Gasteiger partial charge in [0.25, 0.3) is 0 Å². The third-order valence-electron chi connectivity index (χ3n) is 2.24. The van der Waals surface area contributed by atoms with E-state index in [1.165, 1.54) is 6.07 Å². The lowest BCUT2D eigenvalue weighted by Gasteiger charge is -2.05. The molecule has 0 aliphatic rings. The molecule has 16 heavy (non-hydrogen) atoms. The zero-order valence-electron chi connectivity index (χ0n) is 9.21. The molecule has 0 aliphatic heterocycles. The largest absolute Gasteiger partial charge is 0.477 e. The Kier molecular flexibility index (Phi) is 2.60. The minimum absolute atomic E-state index is 0.0537. The van der Waals surface area contributed by atoms with E-state index in [9.17, 15) is 4.79 Å². The van der Waals surface area contributed by atoms with Crippen molar-refractivity contribution in [1.29, 1.82) is 0 Å². The Labute approximate surface area is 92.7 Å². The molecule has 0 amide bonds. The van der Waals surface area contributed by atoms with E-state index < -0.39 is 5.97 Å². The maximum absolute atomic E-state index is 10.8. The molecule has 84 valence electrons. The van der Waals surface area contributed by atoms with Crippen molar-refractivity contribution in [3.8, 4) is 0 Å². The van der Waals surface area contributed by atoms with Gasteiger partial charge in [-0.3, -0.25) is 0 Å². The number of carboxylic acids is 1. The van der Waals surface area contributed by atoms with Crippen LogP contribution in [0.5, 0.6) is 0 Å². The standard InChI is InChI=1S/C11H13N3O2/c1-7(2)6-14-10-8(5-12-14)3-4-9(13-10)11(15)16/h3-5,7H,6H2,1-2H3,(H,15,16). The molecule has 0 atom stereocenters. The summed E-state index contributed by atoms with van der Waals surface area (Å²) in [6.07, 6.45) is 1.70. The summed E-state index contributed by atoms with van der Waals surface area (Å²) in [5, 5.41) is 13.9. The first kappa shape index (κ1) is 10.6. The van der Waals surface area contributed by atoms with E-state index >= 15 is 0 Å². The van der Waals surface area contributed by atoms with Crippen LogP contribution in [0.3, 0.4) is 0 Å². The molecule has 0 saturated carbocycles. The van der Waals surface area contributed by atoms with Crippen LogP contribution in [0.15, 0.2) is 18.3 Å². The fourth-order valence-corrected chi connectivity index (χ4v) is 1.55. The monoisotopic (exact) mass is 219 g/mol. The van der Waals surface area contributed by atoms with Crippen molar-refractivity contribution < 1.29 is 9.90 Å². The number of fused-ring (bicyclic) bond motifs is 1. The normalized spacial score (nSPS) is 11.2. The highest BCUT2D eigenvalue weighted by Gasteiger charge is 2.10. The topological polar surface area (TPSA) is 68.0 Å². The quantitative estimate of drug-likeness (QED) is 0.854. The summed E-state index contributed by atoms with van der Waals surface area (Å²) in [5.74, 6) is -0.572. The first-order valence-electron chi connectivity index (χ1n) is 5.14. The van der Waals surface area contributed by atoms with Crippen LogP contribution in [0.2, 0.25) is 0 Å². The number of nitrogens with zero attached hydrogens (tertiary/aromatic N) is 3. The van der Waals surface area contributed by atoms with Gasteiger partial charge in [-0.1, -0.05) is 13.8 Å². The Morgan fingerprint density at radius 2 is 2.25 bits per heavy atom. The number of carboxylic acid groups (broad SMARTS) is 1. The lowest BCUT2D eigenvalue weighted by Crippen LogP contribution is -2.08. The van der Waals surface area contributed by atoms with Crippen LogP contribution >= 0.6 is 0 Å². The second-order valence-electron chi connectivity index (χ2n) is 4.14. The van der Waals surface area contributed by atoms with E-state index in [0.717, 1.165) is 11.9 Å². The maximum atomic E-state index is 10.8. The molecule has 5 heteroatoms. The van der Waals surface area contributed by atoms with E-state index in [4.69, 9.17) is 5.11 Å². The molecule has 0 radical (unpaired) electrons. The summed E-state index contributed by atoms with van der Waals surface area (Å²) >= 11 is 0. The number of aromatic nitrogens is 3. The first-order chi connectivity index (χ1) is 7.58. The molecule has 5 nitrogen and oxygen atoms in total. The zero-order chi connectivity index (χ0) is 11.7. The van der Waals surface area contributed by atoms with Crippen molar-refractivity contribution >= 4 is 17.0 Å². The predicted molar refractivity (Wildman–Crippen MR) is 59.3 cm³/mol. The van der Waals surface area contributed by atoms with Crippen molar-refractivity contribution in [2.75, 3.05) is 0 Å². The highest BCUT2D eigenvalue weighted by Crippen LogP contribution is 2.13. The van der Waals surface area contributed by atoms with Gasteiger partial charge in [0.1, 0.15) is 0 Å². The Morgan fingerprint density at radius 3 is 2.88 bits per heavy atom. The molecule has 1 N–H and O–H groups in total. The molecular weight excluding hydrogens is 206 g/mol. The molecular formula is C11H13N3O2. The van der Waals surface area contributed by atoms with E-state index in [2.05, 4.69) is 23.9 Å². The lowest BCUT2D eigenvalue weighted by atomic mass is 10.2. The highest BCUT2D eigenvalue weighted by atomic mass is 16.4. The van der Waals surface area contributed by atoms with Crippen LogP contribution in [0.4, 0.5) is 0 Å². The van der Waals surface area contributed by atoms with Gasteiger partial charge in [-0.25, -0.2) is 14.5 Å². The van der Waals surface area contributed by atoms with Gasteiger partial charge in [0.2, 0.25) is 0 Å². The summed E-state index contributed by atoms with van der Waals surface area (Å²) in [4.78, 5) is 14.9. The molecule has 0 fully saturated rings. The Morgan fingerprint density at radius 1 is 1.50 bits per heavy atom. The molecule has 0 spiro atoms. The molecule has 2 heterocycles. The average molecular weight is 219 g/mol. The maximum Gasteiger partial charge on any atom is 0.354 e. The van der Waals surface area contributed by atoms with Gasteiger partial charge in [0.05, 0.1) is 6.20 Å². The van der Waals surface area contributed by atoms with Crippen molar-refractivity contribution in [2.45, 2.75) is 20.4 Å². The number of rotatable bonds is 3. The number of hydrogen-bond acceptors (Lipinski definition) is 3. The van der Waals surface area contributed by atoms with Crippen LogP contribution in [-0.4, -0.2) is 25.8 Å². The van der Waals surface area contributed by atoms with Crippen molar-refractivity contribution in [3.05, 3.63) is 24.0 Å². The fourth-order valence-electron chi connectivity index (χ4n) is 1.55. The summed E-state index contributed by atoms with van der Waals surface area (Å²) in [7, 11) is 0. The van der Waals surface area contributed by atoms with Crippen molar-refractivity contribution in [3.63, 3.8) is 0 Å².